The molecule has 2 aromatic heterocycles. The van der Waals surface area contributed by atoms with Crippen molar-refractivity contribution in [2.75, 3.05) is 38.8 Å². The number of ether oxygens (including phenoxy) is 1. The van der Waals surface area contributed by atoms with Gasteiger partial charge in [-0.15, -0.1) is 0 Å². The molecule has 0 saturated carbocycles. The number of pyridine rings is 1. The van der Waals surface area contributed by atoms with Crippen LogP contribution >= 0.6 is 0 Å². The van der Waals surface area contributed by atoms with E-state index in [-0.39, 0.29) is 11.3 Å². The third kappa shape index (κ3) is 6.61. The first-order valence-corrected chi connectivity index (χ1v) is 14.3. The second-order valence-electron chi connectivity index (χ2n) is 9.64. The fourth-order valence-corrected chi connectivity index (χ4v) is 5.17. The predicted octanol–water partition coefficient (Wildman–Crippen LogP) is 4.02. The van der Waals surface area contributed by atoms with Gasteiger partial charge in [-0.1, -0.05) is 24.3 Å². The molecule has 0 amide bonds. The summed E-state index contributed by atoms with van der Waals surface area (Å²) in [6.45, 7) is 2.10. The van der Waals surface area contributed by atoms with Crippen LogP contribution in [0.1, 0.15) is 17.5 Å². The van der Waals surface area contributed by atoms with Gasteiger partial charge in [0.2, 0.25) is 0 Å². The van der Waals surface area contributed by atoms with Crippen LogP contribution in [-0.4, -0.2) is 56.4 Å². The van der Waals surface area contributed by atoms with Crippen molar-refractivity contribution >= 4 is 26.4 Å². The molecule has 0 radical (unpaired) electrons. The smallest absolute Gasteiger partial charge is 0.274 e. The number of anilines is 1. The Bertz CT molecular complexity index is 1550. The van der Waals surface area contributed by atoms with E-state index in [0.29, 0.717) is 24.2 Å². The Morgan fingerprint density at radius 1 is 1.08 bits per heavy atom. The minimum Gasteiger partial charge on any atom is -0.493 e. The average Bonchev–Trinajstić information content (AvgIpc) is 3.33. The molecule has 0 aliphatic rings. The van der Waals surface area contributed by atoms with Crippen LogP contribution in [0.5, 0.6) is 5.75 Å². The molecule has 2 aromatic carbocycles. The zero-order valence-corrected chi connectivity index (χ0v) is 22.6. The third-order valence-electron chi connectivity index (χ3n) is 6.15. The first-order valence-electron chi connectivity index (χ1n) is 12.2. The van der Waals surface area contributed by atoms with Gasteiger partial charge in [-0.05, 0) is 50.3 Å². The summed E-state index contributed by atoms with van der Waals surface area (Å²) in [7, 11) is 2.59. The van der Waals surface area contributed by atoms with Gasteiger partial charge in [0.1, 0.15) is 11.3 Å². The minimum absolute atomic E-state index is 0.0635. The highest BCUT2D eigenvalue weighted by atomic mass is 32.2. The monoisotopic (exact) mass is 522 g/mol. The highest BCUT2D eigenvalue weighted by Crippen LogP contribution is 2.34. The van der Waals surface area contributed by atoms with Crippen LogP contribution in [-0.2, 0) is 29.2 Å². The van der Waals surface area contributed by atoms with Crippen molar-refractivity contribution in [1.29, 1.82) is 0 Å². The Kier molecular flexibility index (Phi) is 8.04. The largest absolute Gasteiger partial charge is 0.493 e. The number of rotatable bonds is 11. The molecular formula is C28H34N4O4S. The van der Waals surface area contributed by atoms with Crippen molar-refractivity contribution in [3.05, 3.63) is 82.4 Å². The maximum Gasteiger partial charge on any atom is 0.274 e. The van der Waals surface area contributed by atoms with Gasteiger partial charge in [-0.25, -0.2) is 8.42 Å². The van der Waals surface area contributed by atoms with E-state index < -0.39 is 9.84 Å². The van der Waals surface area contributed by atoms with Gasteiger partial charge in [0, 0.05) is 66.6 Å². The minimum atomic E-state index is -3.21. The van der Waals surface area contributed by atoms with Crippen molar-refractivity contribution in [3.8, 4) is 16.9 Å². The lowest BCUT2D eigenvalue weighted by atomic mass is 9.99. The highest BCUT2D eigenvalue weighted by Gasteiger charge is 2.16. The van der Waals surface area contributed by atoms with E-state index >= 15 is 0 Å². The number of H-pyrrole nitrogens is 1. The molecule has 0 saturated heterocycles. The lowest BCUT2D eigenvalue weighted by molar-refractivity contribution is 0.279. The number of nitrogens with one attached hydrogen (secondary N) is 2. The summed E-state index contributed by atoms with van der Waals surface area (Å²) in [6.07, 6.45) is 5.70. The Labute approximate surface area is 217 Å². The number of benzene rings is 2. The molecule has 0 aliphatic heterocycles. The summed E-state index contributed by atoms with van der Waals surface area (Å²) >= 11 is 0. The molecule has 9 heteroatoms. The molecule has 196 valence electrons. The van der Waals surface area contributed by atoms with E-state index in [9.17, 15) is 13.2 Å². The zero-order chi connectivity index (χ0) is 26.6. The molecule has 0 fully saturated rings. The third-order valence-corrected chi connectivity index (χ3v) is 7.00. The summed E-state index contributed by atoms with van der Waals surface area (Å²) in [4.78, 5) is 17.8. The fourth-order valence-electron chi connectivity index (χ4n) is 4.39. The van der Waals surface area contributed by atoms with Gasteiger partial charge in [0.15, 0.2) is 9.84 Å². The standard InChI is InChI=1S/C28H34N4O4S/c1-31(2)14-7-15-36-26-9-6-5-8-21(26)17-30-25-11-10-20(19-37(4,34)35)16-23(25)24-18-32(3)28(33)27-22(24)12-13-29-27/h5-6,8-13,16,18,29-30H,7,14-15,17,19H2,1-4H3. The number of sulfone groups is 1. The number of fused-ring (bicyclic) bond motifs is 1. The van der Waals surface area contributed by atoms with Gasteiger partial charge in [-0.3, -0.25) is 4.79 Å². The van der Waals surface area contributed by atoms with Gasteiger partial charge in [-0.2, -0.15) is 0 Å². The van der Waals surface area contributed by atoms with E-state index in [4.69, 9.17) is 4.74 Å². The number of aromatic nitrogens is 2. The lowest BCUT2D eigenvalue weighted by Gasteiger charge is -2.17. The Morgan fingerprint density at radius 2 is 1.86 bits per heavy atom. The molecule has 2 heterocycles. The number of aromatic amines is 1. The van der Waals surface area contributed by atoms with Crippen LogP contribution in [0.2, 0.25) is 0 Å². The summed E-state index contributed by atoms with van der Waals surface area (Å²) in [5.74, 6) is 0.769. The van der Waals surface area contributed by atoms with Gasteiger partial charge < -0.3 is 24.5 Å². The van der Waals surface area contributed by atoms with Crippen LogP contribution in [0.3, 0.4) is 0 Å². The highest BCUT2D eigenvalue weighted by molar-refractivity contribution is 7.89. The van der Waals surface area contributed by atoms with Crippen molar-refractivity contribution in [3.63, 3.8) is 0 Å². The maximum atomic E-state index is 12.6. The van der Waals surface area contributed by atoms with E-state index in [0.717, 1.165) is 46.5 Å². The fraction of sp³-hybridized carbons (Fsp3) is 0.321. The molecule has 2 N–H and O–H groups in total. The molecule has 37 heavy (non-hydrogen) atoms. The van der Waals surface area contributed by atoms with Crippen LogP contribution in [0.25, 0.3) is 22.0 Å². The topological polar surface area (TPSA) is 96.4 Å². The summed E-state index contributed by atoms with van der Waals surface area (Å²) in [5, 5.41) is 4.31. The van der Waals surface area contributed by atoms with Crippen molar-refractivity contribution in [1.82, 2.24) is 14.5 Å². The first kappa shape index (κ1) is 26.5. The molecule has 0 spiro atoms. The van der Waals surface area contributed by atoms with Gasteiger partial charge >= 0.3 is 0 Å². The van der Waals surface area contributed by atoms with E-state index in [1.54, 1.807) is 19.4 Å². The molecular weight excluding hydrogens is 488 g/mol. The van der Waals surface area contributed by atoms with E-state index in [1.165, 1.54) is 10.8 Å². The van der Waals surface area contributed by atoms with Crippen LogP contribution in [0.15, 0.2) is 65.7 Å². The zero-order valence-electron chi connectivity index (χ0n) is 21.7. The Balaban J connectivity index is 1.68. The number of hydrogen-bond donors (Lipinski definition) is 2. The molecule has 0 atom stereocenters. The normalized spacial score (nSPS) is 11.8. The van der Waals surface area contributed by atoms with Crippen molar-refractivity contribution in [2.45, 2.75) is 18.7 Å². The van der Waals surface area contributed by atoms with Crippen LogP contribution in [0, 0.1) is 0 Å². The van der Waals surface area contributed by atoms with Crippen molar-refractivity contribution < 1.29 is 13.2 Å². The second-order valence-corrected chi connectivity index (χ2v) is 11.8. The number of nitrogens with zero attached hydrogens (tertiary/aromatic N) is 2. The molecule has 0 unspecified atom stereocenters. The summed E-state index contributed by atoms with van der Waals surface area (Å²) in [6, 6.07) is 15.4. The van der Waals surface area contributed by atoms with Crippen LogP contribution in [0.4, 0.5) is 5.69 Å². The second kappa shape index (κ2) is 11.2. The van der Waals surface area contributed by atoms with E-state index in [1.807, 2.05) is 62.6 Å². The average molecular weight is 523 g/mol. The molecule has 8 nitrogen and oxygen atoms in total. The number of hydrogen-bond acceptors (Lipinski definition) is 6. The SMILES string of the molecule is CN(C)CCCOc1ccccc1CNc1ccc(CS(C)(=O)=O)cc1-c1cn(C)c(=O)c2[nH]ccc12. The predicted molar refractivity (Wildman–Crippen MR) is 150 cm³/mol. The number of para-hydroxylation sites is 1. The Morgan fingerprint density at radius 3 is 2.62 bits per heavy atom. The summed E-state index contributed by atoms with van der Waals surface area (Å²) in [5.41, 5.74) is 4.59. The molecule has 4 rings (SSSR count). The van der Waals surface area contributed by atoms with Gasteiger partial charge in [0.25, 0.3) is 5.56 Å². The quantitative estimate of drug-likeness (QED) is 0.289. The first-order chi connectivity index (χ1) is 17.6. The maximum absolute atomic E-state index is 12.6. The summed E-state index contributed by atoms with van der Waals surface area (Å²) < 4.78 is 31.6. The van der Waals surface area contributed by atoms with Crippen LogP contribution < -0.4 is 15.6 Å². The molecule has 0 bridgehead atoms. The van der Waals surface area contributed by atoms with Gasteiger partial charge in [0.05, 0.1) is 12.4 Å². The lowest BCUT2D eigenvalue weighted by Crippen LogP contribution is -2.16. The molecule has 4 aromatic rings. The van der Waals surface area contributed by atoms with Crippen molar-refractivity contribution in [2.24, 2.45) is 7.05 Å². The Hall–Kier alpha value is -3.56. The number of aryl methyl sites for hydroxylation is 1. The molecule has 0 aliphatic carbocycles. The van der Waals surface area contributed by atoms with E-state index in [2.05, 4.69) is 15.2 Å².